The van der Waals surface area contributed by atoms with Crippen molar-refractivity contribution in [3.63, 3.8) is 0 Å². The van der Waals surface area contributed by atoms with Crippen LogP contribution in [0.3, 0.4) is 0 Å². The van der Waals surface area contributed by atoms with Crippen molar-refractivity contribution in [3.05, 3.63) is 0 Å². The third kappa shape index (κ3) is 3.21. The van der Waals surface area contributed by atoms with E-state index in [0.29, 0.717) is 0 Å². The minimum atomic E-state index is 0.761. The lowest BCUT2D eigenvalue weighted by Gasteiger charge is -2.38. The fourth-order valence-electron chi connectivity index (χ4n) is 3.09. The molecule has 0 aromatic carbocycles. The number of hydrogen-bond acceptors (Lipinski definition) is 2. The summed E-state index contributed by atoms with van der Waals surface area (Å²) in [7, 11) is 0. The average Bonchev–Trinajstić information content (AvgIpc) is 2.18. The average molecular weight is 224 g/mol. The van der Waals surface area contributed by atoms with Crippen LogP contribution in [0.5, 0.6) is 0 Å². The van der Waals surface area contributed by atoms with E-state index in [-0.39, 0.29) is 0 Å². The lowest BCUT2D eigenvalue weighted by molar-refractivity contribution is 0.166. The second kappa shape index (κ2) is 6.02. The largest absolute Gasteiger partial charge is 0.311 e. The van der Waals surface area contributed by atoms with E-state index in [4.69, 9.17) is 0 Å². The van der Waals surface area contributed by atoms with Gasteiger partial charge in [-0.25, -0.2) is 0 Å². The molecule has 16 heavy (non-hydrogen) atoms. The molecule has 0 aromatic heterocycles. The van der Waals surface area contributed by atoms with E-state index in [1.165, 1.54) is 58.2 Å². The Balaban J connectivity index is 1.64. The van der Waals surface area contributed by atoms with Crippen LogP contribution in [-0.2, 0) is 0 Å². The minimum absolute atomic E-state index is 0.761. The van der Waals surface area contributed by atoms with Crippen LogP contribution in [0, 0.1) is 5.92 Å². The van der Waals surface area contributed by atoms with Gasteiger partial charge in [0.15, 0.2) is 0 Å². The van der Waals surface area contributed by atoms with Crippen LogP contribution in [0.1, 0.15) is 52.4 Å². The molecular weight excluding hydrogens is 196 g/mol. The molecule has 1 saturated heterocycles. The zero-order chi connectivity index (χ0) is 11.4. The molecule has 1 aliphatic carbocycles. The first kappa shape index (κ1) is 12.4. The lowest BCUT2D eigenvalue weighted by atomic mass is 9.80. The van der Waals surface area contributed by atoms with Gasteiger partial charge in [-0.05, 0) is 64.6 Å². The van der Waals surface area contributed by atoms with Gasteiger partial charge in [-0.1, -0.05) is 13.3 Å². The van der Waals surface area contributed by atoms with Gasteiger partial charge < -0.3 is 10.2 Å². The predicted octanol–water partition coefficient (Wildman–Crippen LogP) is 2.64. The Morgan fingerprint density at radius 1 is 1.19 bits per heavy atom. The topological polar surface area (TPSA) is 15.3 Å². The Labute approximate surface area is 101 Å². The molecular formula is C14H28N2. The third-order valence-corrected chi connectivity index (χ3v) is 4.48. The quantitative estimate of drug-likeness (QED) is 0.772. The fourth-order valence-corrected chi connectivity index (χ4v) is 3.09. The van der Waals surface area contributed by atoms with Gasteiger partial charge in [0, 0.05) is 12.1 Å². The number of rotatable bonds is 5. The van der Waals surface area contributed by atoms with E-state index in [2.05, 4.69) is 24.1 Å². The molecule has 2 rings (SSSR count). The third-order valence-electron chi connectivity index (χ3n) is 4.48. The number of likely N-dealkylation sites (tertiary alicyclic amines) is 1. The molecule has 0 amide bonds. The summed E-state index contributed by atoms with van der Waals surface area (Å²) >= 11 is 0. The van der Waals surface area contributed by atoms with Crippen LogP contribution in [0.4, 0.5) is 0 Å². The van der Waals surface area contributed by atoms with Crippen molar-refractivity contribution < 1.29 is 0 Å². The molecule has 2 nitrogen and oxygen atoms in total. The van der Waals surface area contributed by atoms with Crippen LogP contribution < -0.4 is 5.32 Å². The van der Waals surface area contributed by atoms with E-state index in [0.717, 1.165) is 18.0 Å². The summed E-state index contributed by atoms with van der Waals surface area (Å²) in [6.45, 7) is 8.59. The monoisotopic (exact) mass is 224 g/mol. The summed E-state index contributed by atoms with van der Waals surface area (Å²) in [4.78, 5) is 2.62. The highest BCUT2D eigenvalue weighted by atomic mass is 15.1. The molecule has 1 aliphatic heterocycles. The molecule has 0 spiro atoms. The van der Waals surface area contributed by atoms with Crippen LogP contribution in [0.15, 0.2) is 0 Å². The van der Waals surface area contributed by atoms with Gasteiger partial charge in [-0.15, -0.1) is 0 Å². The normalized spacial score (nSPS) is 26.6. The van der Waals surface area contributed by atoms with E-state index in [1.54, 1.807) is 0 Å². The molecule has 2 fully saturated rings. The lowest BCUT2D eigenvalue weighted by Crippen LogP contribution is -2.48. The van der Waals surface area contributed by atoms with Gasteiger partial charge in [-0.2, -0.15) is 0 Å². The Morgan fingerprint density at radius 3 is 2.38 bits per heavy atom. The van der Waals surface area contributed by atoms with Gasteiger partial charge in [0.1, 0.15) is 0 Å². The highest BCUT2D eigenvalue weighted by Crippen LogP contribution is 2.30. The number of nitrogens with one attached hydrogen (secondary N) is 1. The van der Waals surface area contributed by atoms with Gasteiger partial charge >= 0.3 is 0 Å². The number of hydrogen-bond donors (Lipinski definition) is 1. The van der Waals surface area contributed by atoms with E-state index in [1.807, 2.05) is 0 Å². The summed E-state index contributed by atoms with van der Waals surface area (Å²) in [6.07, 6.45) is 8.40. The Kier molecular flexibility index (Phi) is 4.66. The first-order valence-electron chi connectivity index (χ1n) is 7.28. The molecule has 1 N–H and O–H groups in total. The van der Waals surface area contributed by atoms with Crippen molar-refractivity contribution in [3.8, 4) is 0 Å². The highest BCUT2D eigenvalue weighted by molar-refractivity contribution is 4.84. The standard InChI is InChI=1S/C14H28N2/c1-3-9-16-10-7-14(8-11-16)15-12(2)13-5-4-6-13/h12-15H,3-11H2,1-2H3. The molecule has 1 saturated carbocycles. The molecule has 1 atom stereocenters. The first-order chi connectivity index (χ1) is 7.79. The van der Waals surface area contributed by atoms with Crippen LogP contribution in [-0.4, -0.2) is 36.6 Å². The molecule has 1 unspecified atom stereocenters. The first-order valence-corrected chi connectivity index (χ1v) is 7.28. The van der Waals surface area contributed by atoms with Crippen molar-refractivity contribution in [1.82, 2.24) is 10.2 Å². The SMILES string of the molecule is CCCN1CCC(NC(C)C2CCC2)CC1. The maximum absolute atomic E-state index is 3.86. The molecule has 1 heterocycles. The van der Waals surface area contributed by atoms with Crippen molar-refractivity contribution in [2.75, 3.05) is 19.6 Å². The summed E-state index contributed by atoms with van der Waals surface area (Å²) in [5.74, 6) is 0.980. The van der Waals surface area contributed by atoms with Crippen molar-refractivity contribution in [1.29, 1.82) is 0 Å². The minimum Gasteiger partial charge on any atom is -0.311 e. The smallest absolute Gasteiger partial charge is 0.00940 e. The summed E-state index contributed by atoms with van der Waals surface area (Å²) in [6, 6.07) is 1.56. The Morgan fingerprint density at radius 2 is 1.88 bits per heavy atom. The van der Waals surface area contributed by atoms with Crippen LogP contribution >= 0.6 is 0 Å². The summed E-state index contributed by atoms with van der Waals surface area (Å²) in [5, 5.41) is 3.86. The van der Waals surface area contributed by atoms with Crippen LogP contribution in [0.2, 0.25) is 0 Å². The molecule has 2 heteroatoms. The van der Waals surface area contributed by atoms with Crippen molar-refractivity contribution >= 4 is 0 Å². The fraction of sp³-hybridized carbons (Fsp3) is 1.00. The number of nitrogens with zero attached hydrogens (tertiary/aromatic N) is 1. The summed E-state index contributed by atoms with van der Waals surface area (Å²) < 4.78 is 0. The molecule has 0 aromatic rings. The van der Waals surface area contributed by atoms with Crippen LogP contribution in [0.25, 0.3) is 0 Å². The number of piperidine rings is 1. The van der Waals surface area contributed by atoms with Gasteiger partial charge in [0.05, 0.1) is 0 Å². The van der Waals surface area contributed by atoms with E-state index >= 15 is 0 Å². The molecule has 0 bridgehead atoms. The maximum Gasteiger partial charge on any atom is 0.00940 e. The Hall–Kier alpha value is -0.0800. The predicted molar refractivity (Wildman–Crippen MR) is 69.7 cm³/mol. The van der Waals surface area contributed by atoms with Gasteiger partial charge in [0.25, 0.3) is 0 Å². The zero-order valence-electron chi connectivity index (χ0n) is 11.0. The van der Waals surface area contributed by atoms with E-state index in [9.17, 15) is 0 Å². The molecule has 2 aliphatic rings. The Bertz CT molecular complexity index is 193. The van der Waals surface area contributed by atoms with Gasteiger partial charge in [0.2, 0.25) is 0 Å². The maximum atomic E-state index is 3.86. The van der Waals surface area contributed by atoms with Crippen molar-refractivity contribution in [2.24, 2.45) is 5.92 Å². The van der Waals surface area contributed by atoms with Gasteiger partial charge in [-0.3, -0.25) is 0 Å². The van der Waals surface area contributed by atoms with Crippen molar-refractivity contribution in [2.45, 2.75) is 64.5 Å². The molecule has 94 valence electrons. The zero-order valence-corrected chi connectivity index (χ0v) is 11.0. The second-order valence-electron chi connectivity index (χ2n) is 5.76. The second-order valence-corrected chi connectivity index (χ2v) is 5.76. The highest BCUT2D eigenvalue weighted by Gasteiger charge is 2.27. The van der Waals surface area contributed by atoms with E-state index < -0.39 is 0 Å². The molecule has 0 radical (unpaired) electrons. The summed E-state index contributed by atoms with van der Waals surface area (Å²) in [5.41, 5.74) is 0.